The zero-order chi connectivity index (χ0) is 15.0. The highest BCUT2D eigenvalue weighted by Gasteiger charge is 2.26. The topological polar surface area (TPSA) is 56.1 Å². The van der Waals surface area contributed by atoms with Crippen LogP contribution in [-0.2, 0) is 4.79 Å². The van der Waals surface area contributed by atoms with E-state index in [2.05, 4.69) is 5.32 Å². The van der Waals surface area contributed by atoms with Gasteiger partial charge in [-0.15, -0.1) is 0 Å². The highest BCUT2D eigenvalue weighted by Crippen LogP contribution is 2.36. The Kier molecular flexibility index (Phi) is 3.03. The second-order valence-electron chi connectivity index (χ2n) is 4.52. The lowest BCUT2D eigenvalue weighted by atomic mass is 10.1. The molecule has 3 rings (SSSR count). The Morgan fingerprint density at radius 1 is 1.10 bits per heavy atom. The van der Waals surface area contributed by atoms with Gasteiger partial charge in [-0.1, -0.05) is 12.1 Å². The van der Waals surface area contributed by atoms with E-state index in [1.54, 1.807) is 30.3 Å². The Bertz CT molecular complexity index is 783. The number of nitriles is 1. The van der Waals surface area contributed by atoms with Gasteiger partial charge in [0, 0.05) is 0 Å². The summed E-state index contributed by atoms with van der Waals surface area (Å²) in [6, 6.07) is 10.9. The summed E-state index contributed by atoms with van der Waals surface area (Å²) in [4.78, 5) is 13.1. The summed E-state index contributed by atoms with van der Waals surface area (Å²) >= 11 is 0. The number of carbonyl (C=O) groups is 1. The molecule has 4 nitrogen and oxygen atoms in total. The quantitative estimate of drug-likeness (QED) is 0.876. The molecule has 0 bridgehead atoms. The number of rotatable bonds is 1. The third-order valence-electron chi connectivity index (χ3n) is 3.24. The van der Waals surface area contributed by atoms with Gasteiger partial charge in [-0.05, 0) is 24.3 Å². The molecule has 0 radical (unpaired) electrons. The first-order valence-electron chi connectivity index (χ1n) is 6.16. The fourth-order valence-electron chi connectivity index (χ4n) is 2.28. The zero-order valence-electron chi connectivity index (χ0n) is 10.7. The third kappa shape index (κ3) is 2.09. The van der Waals surface area contributed by atoms with Gasteiger partial charge >= 0.3 is 0 Å². The smallest absolute Gasteiger partial charge is 0.244 e. The van der Waals surface area contributed by atoms with E-state index in [4.69, 9.17) is 5.26 Å². The van der Waals surface area contributed by atoms with Gasteiger partial charge in [0.15, 0.2) is 11.6 Å². The molecule has 2 aromatic rings. The number of hydrogen-bond donors (Lipinski definition) is 1. The Hall–Kier alpha value is -2.94. The Labute approximate surface area is 119 Å². The predicted molar refractivity (Wildman–Crippen MR) is 73.2 cm³/mol. The van der Waals surface area contributed by atoms with Gasteiger partial charge in [0.05, 0.1) is 22.6 Å². The lowest BCUT2D eigenvalue weighted by Gasteiger charge is -2.31. The fraction of sp³-hybridized carbons (Fsp3) is 0.0667. The lowest BCUT2D eigenvalue weighted by Crippen LogP contribution is -2.35. The first-order chi connectivity index (χ1) is 10.1. The summed E-state index contributed by atoms with van der Waals surface area (Å²) in [6.07, 6.45) is 0. The normalized spacial score (nSPS) is 13.4. The molecule has 6 heteroatoms. The molecule has 1 aliphatic heterocycles. The summed E-state index contributed by atoms with van der Waals surface area (Å²) in [5.41, 5.74) is 0.651. The van der Waals surface area contributed by atoms with Gasteiger partial charge in [-0.3, -0.25) is 4.79 Å². The minimum absolute atomic E-state index is 0.0752. The number of nitrogens with one attached hydrogen (secondary N) is 1. The van der Waals surface area contributed by atoms with Crippen molar-refractivity contribution in [3.8, 4) is 6.07 Å². The Morgan fingerprint density at radius 3 is 2.62 bits per heavy atom. The van der Waals surface area contributed by atoms with Crippen LogP contribution in [0.1, 0.15) is 5.56 Å². The molecule has 0 saturated heterocycles. The van der Waals surface area contributed by atoms with Crippen molar-refractivity contribution >= 4 is 23.0 Å². The standard InChI is InChI=1S/C15H9F2N3O/c16-14-9(7-18)5-6-12(15(14)17)20-8-13(21)19-10-3-1-2-4-11(10)20/h1-6H,8H2,(H,19,21). The van der Waals surface area contributed by atoms with Crippen LogP contribution >= 0.6 is 0 Å². The molecule has 0 spiro atoms. The van der Waals surface area contributed by atoms with Crippen molar-refractivity contribution in [1.82, 2.24) is 0 Å². The molecule has 104 valence electrons. The van der Waals surface area contributed by atoms with Crippen molar-refractivity contribution in [2.24, 2.45) is 0 Å². The molecule has 0 fully saturated rings. The summed E-state index contributed by atoms with van der Waals surface area (Å²) < 4.78 is 27.9. The summed E-state index contributed by atoms with van der Waals surface area (Å²) in [7, 11) is 0. The van der Waals surface area contributed by atoms with Crippen LogP contribution in [0, 0.1) is 23.0 Å². The number of halogens is 2. The van der Waals surface area contributed by atoms with Crippen LogP contribution in [0.2, 0.25) is 0 Å². The molecule has 1 amide bonds. The lowest BCUT2D eigenvalue weighted by molar-refractivity contribution is -0.115. The minimum atomic E-state index is -1.21. The minimum Gasteiger partial charge on any atom is -0.328 e. The van der Waals surface area contributed by atoms with Crippen LogP contribution in [-0.4, -0.2) is 12.5 Å². The van der Waals surface area contributed by atoms with Crippen LogP contribution in [0.4, 0.5) is 25.8 Å². The van der Waals surface area contributed by atoms with E-state index in [1.165, 1.54) is 17.0 Å². The number of nitrogens with zero attached hydrogens (tertiary/aromatic N) is 2. The Morgan fingerprint density at radius 2 is 1.86 bits per heavy atom. The highest BCUT2D eigenvalue weighted by molar-refractivity contribution is 6.03. The van der Waals surface area contributed by atoms with E-state index < -0.39 is 11.6 Å². The largest absolute Gasteiger partial charge is 0.328 e. The van der Waals surface area contributed by atoms with Crippen molar-refractivity contribution in [3.63, 3.8) is 0 Å². The van der Waals surface area contributed by atoms with E-state index in [-0.39, 0.29) is 23.7 Å². The van der Waals surface area contributed by atoms with Crippen LogP contribution < -0.4 is 10.2 Å². The average molecular weight is 285 g/mol. The summed E-state index contributed by atoms with van der Waals surface area (Å²) in [6.45, 7) is -0.126. The monoisotopic (exact) mass is 285 g/mol. The van der Waals surface area contributed by atoms with E-state index in [1.807, 2.05) is 0 Å². The maximum atomic E-state index is 14.2. The van der Waals surface area contributed by atoms with Gasteiger partial charge in [0.2, 0.25) is 5.91 Å². The number of amides is 1. The molecule has 1 heterocycles. The summed E-state index contributed by atoms with van der Waals surface area (Å²) in [5.74, 6) is -2.67. The maximum Gasteiger partial charge on any atom is 0.244 e. The maximum absolute atomic E-state index is 14.2. The zero-order valence-corrected chi connectivity index (χ0v) is 10.7. The number of carbonyl (C=O) groups excluding carboxylic acids is 1. The van der Waals surface area contributed by atoms with Gasteiger partial charge < -0.3 is 10.2 Å². The molecular weight excluding hydrogens is 276 g/mol. The van der Waals surface area contributed by atoms with Gasteiger partial charge in [-0.2, -0.15) is 5.26 Å². The van der Waals surface area contributed by atoms with Crippen molar-refractivity contribution in [2.45, 2.75) is 0 Å². The molecule has 0 unspecified atom stereocenters. The predicted octanol–water partition coefficient (Wildman–Crippen LogP) is 2.93. The van der Waals surface area contributed by atoms with Gasteiger partial charge in [0.25, 0.3) is 0 Å². The van der Waals surface area contributed by atoms with Crippen molar-refractivity contribution in [1.29, 1.82) is 5.26 Å². The van der Waals surface area contributed by atoms with Crippen LogP contribution in [0.15, 0.2) is 36.4 Å². The third-order valence-corrected chi connectivity index (χ3v) is 3.24. The Balaban J connectivity index is 2.16. The van der Waals surface area contributed by atoms with Crippen molar-refractivity contribution < 1.29 is 13.6 Å². The number of anilines is 3. The van der Waals surface area contributed by atoms with E-state index in [0.717, 1.165) is 0 Å². The number of para-hydroxylation sites is 2. The van der Waals surface area contributed by atoms with Crippen LogP contribution in [0.25, 0.3) is 0 Å². The van der Waals surface area contributed by atoms with Crippen LogP contribution in [0.3, 0.4) is 0 Å². The summed E-state index contributed by atoms with van der Waals surface area (Å²) in [5, 5.41) is 11.4. The number of benzene rings is 2. The molecule has 0 aromatic heterocycles. The average Bonchev–Trinajstić information content (AvgIpc) is 2.49. The molecule has 0 saturated carbocycles. The van der Waals surface area contributed by atoms with E-state index >= 15 is 0 Å². The van der Waals surface area contributed by atoms with Gasteiger partial charge in [0.1, 0.15) is 12.6 Å². The first-order valence-corrected chi connectivity index (χ1v) is 6.16. The fourth-order valence-corrected chi connectivity index (χ4v) is 2.28. The SMILES string of the molecule is N#Cc1ccc(N2CC(=O)Nc3ccccc32)c(F)c1F. The highest BCUT2D eigenvalue weighted by atomic mass is 19.2. The molecule has 1 N–H and O–H groups in total. The van der Waals surface area contributed by atoms with Crippen LogP contribution in [0.5, 0.6) is 0 Å². The number of fused-ring (bicyclic) bond motifs is 1. The molecule has 21 heavy (non-hydrogen) atoms. The van der Waals surface area contributed by atoms with E-state index in [0.29, 0.717) is 11.4 Å². The molecule has 2 aromatic carbocycles. The second-order valence-corrected chi connectivity index (χ2v) is 4.52. The first kappa shape index (κ1) is 13.1. The molecular formula is C15H9F2N3O. The van der Waals surface area contributed by atoms with E-state index in [9.17, 15) is 13.6 Å². The molecule has 0 aliphatic carbocycles. The van der Waals surface area contributed by atoms with Crippen molar-refractivity contribution in [3.05, 3.63) is 53.6 Å². The molecule has 0 atom stereocenters. The second kappa shape index (κ2) is 4.87. The number of hydrogen-bond acceptors (Lipinski definition) is 3. The van der Waals surface area contributed by atoms with Gasteiger partial charge in [-0.25, -0.2) is 8.78 Å². The van der Waals surface area contributed by atoms with Crippen molar-refractivity contribution in [2.75, 3.05) is 16.8 Å². The molecule has 1 aliphatic rings.